The molecule has 7 heteroatoms. The lowest BCUT2D eigenvalue weighted by Crippen LogP contribution is -2.37. The molecule has 0 aliphatic carbocycles. The minimum Gasteiger partial charge on any atom is -0.383 e. The number of hydrogen-bond acceptors (Lipinski definition) is 5. The van der Waals surface area contributed by atoms with Gasteiger partial charge in [-0.1, -0.05) is 18.2 Å². The van der Waals surface area contributed by atoms with Gasteiger partial charge in [0.25, 0.3) is 5.56 Å². The topological polar surface area (TPSA) is 82.4 Å². The van der Waals surface area contributed by atoms with Crippen molar-refractivity contribution >= 4 is 29.5 Å². The van der Waals surface area contributed by atoms with Crippen molar-refractivity contribution in [2.75, 3.05) is 12.0 Å². The first-order valence-corrected chi connectivity index (χ1v) is 7.42. The maximum absolute atomic E-state index is 12.1. The Hall–Kier alpha value is -2.28. The molecule has 0 radical (unpaired) electrons. The molecule has 1 heterocycles. The van der Waals surface area contributed by atoms with Crippen molar-refractivity contribution < 1.29 is 0 Å². The summed E-state index contributed by atoms with van der Waals surface area (Å²) in [4.78, 5) is 29.1. The maximum Gasteiger partial charge on any atom is 0.332 e. The Balaban J connectivity index is 2.57. The highest BCUT2D eigenvalue weighted by molar-refractivity contribution is 7.98. The van der Waals surface area contributed by atoms with Crippen LogP contribution in [-0.2, 0) is 14.1 Å². The van der Waals surface area contributed by atoms with Gasteiger partial charge in [0.15, 0.2) is 5.69 Å². The van der Waals surface area contributed by atoms with E-state index in [9.17, 15) is 9.59 Å². The quantitative estimate of drug-likeness (QED) is 0.681. The van der Waals surface area contributed by atoms with Crippen LogP contribution in [0.4, 0.5) is 11.5 Å². The predicted octanol–water partition coefficient (Wildman–Crippen LogP) is 1.14. The van der Waals surface area contributed by atoms with Gasteiger partial charge in [0.1, 0.15) is 5.82 Å². The van der Waals surface area contributed by atoms with Gasteiger partial charge in [0, 0.05) is 30.8 Å². The van der Waals surface area contributed by atoms with Crippen LogP contribution in [0.25, 0.3) is 0 Å². The first-order valence-electron chi connectivity index (χ1n) is 6.20. The van der Waals surface area contributed by atoms with Crippen LogP contribution < -0.4 is 17.0 Å². The molecule has 0 unspecified atom stereocenters. The average Bonchev–Trinajstić information content (AvgIpc) is 2.51. The van der Waals surface area contributed by atoms with Gasteiger partial charge >= 0.3 is 5.69 Å². The van der Waals surface area contributed by atoms with Crippen molar-refractivity contribution in [3.05, 3.63) is 50.7 Å². The smallest absolute Gasteiger partial charge is 0.332 e. The Kier molecular flexibility index (Phi) is 4.32. The molecule has 2 aromatic rings. The summed E-state index contributed by atoms with van der Waals surface area (Å²) >= 11 is 1.59. The summed E-state index contributed by atoms with van der Waals surface area (Å²) in [7, 11) is 2.91. The average molecular weight is 304 g/mol. The molecule has 0 aliphatic rings. The third-order valence-corrected chi connectivity index (χ3v) is 3.97. The molecule has 0 fully saturated rings. The highest BCUT2D eigenvalue weighted by atomic mass is 32.2. The molecule has 0 saturated heterocycles. The number of hydrogen-bond donors (Lipinski definition) is 1. The summed E-state index contributed by atoms with van der Waals surface area (Å²) in [5.74, 6) is 0.0565. The Labute approximate surface area is 125 Å². The summed E-state index contributed by atoms with van der Waals surface area (Å²) < 4.78 is 2.19. The predicted molar refractivity (Wildman–Crippen MR) is 86.8 cm³/mol. The molecular formula is C14H16N4O2S. The molecule has 0 amide bonds. The second-order valence-corrected chi connectivity index (χ2v) is 5.29. The number of nitrogens with zero attached hydrogens (tertiary/aromatic N) is 3. The van der Waals surface area contributed by atoms with Crippen molar-refractivity contribution in [3.8, 4) is 0 Å². The zero-order valence-electron chi connectivity index (χ0n) is 12.0. The van der Waals surface area contributed by atoms with Crippen LogP contribution in [0, 0.1) is 0 Å². The number of nitrogens with two attached hydrogens (primary N) is 1. The third-order valence-electron chi connectivity index (χ3n) is 3.16. The Morgan fingerprint density at radius 1 is 1.19 bits per heavy atom. The van der Waals surface area contributed by atoms with Gasteiger partial charge < -0.3 is 5.73 Å². The van der Waals surface area contributed by atoms with E-state index in [0.29, 0.717) is 0 Å². The van der Waals surface area contributed by atoms with Gasteiger partial charge in [0.2, 0.25) is 0 Å². The van der Waals surface area contributed by atoms with Crippen molar-refractivity contribution in [3.63, 3.8) is 0 Å². The first-order chi connectivity index (χ1) is 9.97. The normalized spacial score (nSPS) is 11.2. The Morgan fingerprint density at radius 2 is 1.86 bits per heavy atom. The number of benzene rings is 1. The second-order valence-electron chi connectivity index (χ2n) is 4.44. The van der Waals surface area contributed by atoms with Gasteiger partial charge in [0.05, 0.1) is 0 Å². The SMILES string of the molecule is CSc1ccccc1C=Nc1c(N)n(C)c(=O)n(C)c1=O. The summed E-state index contributed by atoms with van der Waals surface area (Å²) in [6.45, 7) is 0. The minimum absolute atomic E-state index is 0.0565. The third kappa shape index (κ3) is 2.78. The number of aromatic nitrogens is 2. The molecule has 0 atom stereocenters. The van der Waals surface area contributed by atoms with E-state index >= 15 is 0 Å². The van der Waals surface area contributed by atoms with Gasteiger partial charge in [-0.2, -0.15) is 0 Å². The van der Waals surface area contributed by atoms with Crippen molar-refractivity contribution in [1.82, 2.24) is 9.13 Å². The van der Waals surface area contributed by atoms with E-state index in [4.69, 9.17) is 5.73 Å². The van der Waals surface area contributed by atoms with E-state index < -0.39 is 11.2 Å². The van der Waals surface area contributed by atoms with E-state index in [1.54, 1.807) is 18.0 Å². The fourth-order valence-corrected chi connectivity index (χ4v) is 2.44. The van der Waals surface area contributed by atoms with E-state index in [2.05, 4.69) is 4.99 Å². The van der Waals surface area contributed by atoms with Crippen LogP contribution in [0.5, 0.6) is 0 Å². The van der Waals surface area contributed by atoms with Crippen molar-refractivity contribution in [1.29, 1.82) is 0 Å². The lowest BCUT2D eigenvalue weighted by atomic mass is 10.2. The monoisotopic (exact) mass is 304 g/mol. The fourth-order valence-electron chi connectivity index (χ4n) is 1.87. The lowest BCUT2D eigenvalue weighted by Gasteiger charge is -2.08. The van der Waals surface area contributed by atoms with Crippen LogP contribution in [0.2, 0.25) is 0 Å². The number of nitrogen functional groups attached to an aromatic ring is 1. The Bertz CT molecular complexity index is 821. The molecule has 21 heavy (non-hydrogen) atoms. The fraction of sp³-hybridized carbons (Fsp3) is 0.214. The van der Waals surface area contributed by atoms with Crippen LogP contribution in [0.3, 0.4) is 0 Å². The molecule has 1 aromatic carbocycles. The van der Waals surface area contributed by atoms with Crippen molar-refractivity contribution in [2.24, 2.45) is 19.1 Å². The largest absolute Gasteiger partial charge is 0.383 e. The van der Waals surface area contributed by atoms with E-state index in [0.717, 1.165) is 15.0 Å². The van der Waals surface area contributed by atoms with E-state index in [-0.39, 0.29) is 11.5 Å². The zero-order valence-corrected chi connectivity index (χ0v) is 12.8. The standard InChI is InChI=1S/C14H16N4O2S/c1-17-12(15)11(13(19)18(2)14(17)20)16-8-9-6-4-5-7-10(9)21-3/h4-8H,15H2,1-3H3. The second kappa shape index (κ2) is 6.01. The van der Waals surface area contributed by atoms with E-state index in [1.165, 1.54) is 18.7 Å². The van der Waals surface area contributed by atoms with Crippen LogP contribution in [0.1, 0.15) is 5.56 Å². The van der Waals surface area contributed by atoms with Gasteiger partial charge in [-0.15, -0.1) is 11.8 Å². The van der Waals surface area contributed by atoms with E-state index in [1.807, 2.05) is 30.5 Å². The molecule has 110 valence electrons. The van der Waals surface area contributed by atoms with Gasteiger partial charge in [-0.3, -0.25) is 13.9 Å². The highest BCUT2D eigenvalue weighted by Gasteiger charge is 2.11. The van der Waals surface area contributed by atoms with Crippen LogP contribution in [-0.4, -0.2) is 21.6 Å². The summed E-state index contributed by atoms with van der Waals surface area (Å²) in [6.07, 6.45) is 3.55. The number of aliphatic imine (C=N–C) groups is 1. The molecule has 0 bridgehead atoms. The molecule has 2 rings (SSSR count). The molecule has 0 saturated carbocycles. The van der Waals surface area contributed by atoms with Gasteiger partial charge in [-0.05, 0) is 12.3 Å². The molecule has 6 nitrogen and oxygen atoms in total. The zero-order chi connectivity index (χ0) is 15.6. The number of rotatable bonds is 3. The molecule has 1 aromatic heterocycles. The number of anilines is 1. The summed E-state index contributed by atoms with van der Waals surface area (Å²) in [5.41, 5.74) is 5.80. The summed E-state index contributed by atoms with van der Waals surface area (Å²) in [6, 6.07) is 7.69. The highest BCUT2D eigenvalue weighted by Crippen LogP contribution is 2.19. The lowest BCUT2D eigenvalue weighted by molar-refractivity contribution is 0.695. The Morgan fingerprint density at radius 3 is 2.52 bits per heavy atom. The first kappa shape index (κ1) is 15.1. The molecular weight excluding hydrogens is 288 g/mol. The summed E-state index contributed by atoms with van der Waals surface area (Å²) in [5, 5.41) is 0. The maximum atomic E-state index is 12.1. The molecule has 0 spiro atoms. The van der Waals surface area contributed by atoms with Gasteiger partial charge in [-0.25, -0.2) is 9.79 Å². The minimum atomic E-state index is -0.506. The van der Waals surface area contributed by atoms with Crippen LogP contribution in [0.15, 0.2) is 43.7 Å². The van der Waals surface area contributed by atoms with Crippen LogP contribution >= 0.6 is 11.8 Å². The van der Waals surface area contributed by atoms with Crippen molar-refractivity contribution in [2.45, 2.75) is 4.90 Å². The number of thioether (sulfide) groups is 1. The molecule has 2 N–H and O–H groups in total. The molecule has 0 aliphatic heterocycles.